The monoisotopic (exact) mass is 233 g/mol. The Labute approximate surface area is 93.3 Å². The van der Waals surface area contributed by atoms with Crippen molar-refractivity contribution in [2.75, 3.05) is 0 Å². The smallest absolute Gasteiger partial charge is 0.405 e. The summed E-state index contributed by atoms with van der Waals surface area (Å²) >= 11 is 0. The summed E-state index contributed by atoms with van der Waals surface area (Å²) in [5.74, 6) is -2.32. The standard InChI is InChI=1S/C11H17F2NO2/c1-10(16-9(14)15)4-7-2-3-11(12,13)6-8(7)5-10/h7-8H,2-6H2,1H3,(H2,14,15)/t7-,8-,10-/m0/s1. The van der Waals surface area contributed by atoms with E-state index in [-0.39, 0.29) is 24.7 Å². The third-order valence-corrected chi connectivity index (χ3v) is 3.84. The predicted molar refractivity (Wildman–Crippen MR) is 54.1 cm³/mol. The van der Waals surface area contributed by atoms with E-state index in [1.807, 2.05) is 0 Å². The Balaban J connectivity index is 2.03. The van der Waals surface area contributed by atoms with Crippen molar-refractivity contribution in [2.24, 2.45) is 17.6 Å². The number of alkyl halides is 2. The number of ether oxygens (including phenoxy) is 1. The van der Waals surface area contributed by atoms with Crippen LogP contribution in [-0.4, -0.2) is 17.6 Å². The number of primary amides is 1. The van der Waals surface area contributed by atoms with E-state index >= 15 is 0 Å². The lowest BCUT2D eigenvalue weighted by atomic mass is 9.80. The van der Waals surface area contributed by atoms with Gasteiger partial charge in [-0.1, -0.05) is 0 Å². The second kappa shape index (κ2) is 3.57. The molecule has 0 aromatic carbocycles. The molecule has 3 nitrogen and oxygen atoms in total. The highest BCUT2D eigenvalue weighted by Gasteiger charge is 2.51. The van der Waals surface area contributed by atoms with Gasteiger partial charge in [-0.25, -0.2) is 13.6 Å². The quantitative estimate of drug-likeness (QED) is 0.757. The maximum atomic E-state index is 13.2. The van der Waals surface area contributed by atoms with Crippen LogP contribution in [0.1, 0.15) is 39.0 Å². The highest BCUT2D eigenvalue weighted by Crippen LogP contribution is 2.52. The first-order valence-electron chi connectivity index (χ1n) is 5.66. The van der Waals surface area contributed by atoms with Crippen LogP contribution in [0.2, 0.25) is 0 Å². The van der Waals surface area contributed by atoms with Gasteiger partial charge in [-0.2, -0.15) is 0 Å². The van der Waals surface area contributed by atoms with Crippen LogP contribution in [0.3, 0.4) is 0 Å². The second-order valence-corrected chi connectivity index (χ2v) is 5.40. The number of carbonyl (C=O) groups is 1. The van der Waals surface area contributed by atoms with Crippen molar-refractivity contribution in [3.63, 3.8) is 0 Å². The van der Waals surface area contributed by atoms with Crippen molar-refractivity contribution < 1.29 is 18.3 Å². The van der Waals surface area contributed by atoms with Gasteiger partial charge in [0.25, 0.3) is 0 Å². The van der Waals surface area contributed by atoms with Crippen molar-refractivity contribution >= 4 is 6.09 Å². The van der Waals surface area contributed by atoms with E-state index in [0.717, 1.165) is 0 Å². The third kappa shape index (κ3) is 2.28. The predicted octanol–water partition coefficient (Wildman–Crippen LogP) is 2.69. The molecule has 5 heteroatoms. The molecule has 2 rings (SSSR count). The summed E-state index contributed by atoms with van der Waals surface area (Å²) in [5, 5.41) is 0. The molecule has 0 aromatic rings. The fourth-order valence-corrected chi connectivity index (χ4v) is 3.31. The minimum absolute atomic E-state index is 0.0342. The summed E-state index contributed by atoms with van der Waals surface area (Å²) < 4.78 is 31.5. The Morgan fingerprint density at radius 3 is 2.56 bits per heavy atom. The first-order chi connectivity index (χ1) is 7.30. The topological polar surface area (TPSA) is 52.3 Å². The molecule has 0 heterocycles. The highest BCUT2D eigenvalue weighted by atomic mass is 19.3. The zero-order valence-electron chi connectivity index (χ0n) is 9.34. The van der Waals surface area contributed by atoms with Crippen molar-refractivity contribution in [1.29, 1.82) is 0 Å². The molecule has 2 aliphatic rings. The summed E-state index contributed by atoms with van der Waals surface area (Å²) in [5.41, 5.74) is 4.35. The third-order valence-electron chi connectivity index (χ3n) is 3.84. The number of carbonyl (C=O) groups excluding carboxylic acids is 1. The van der Waals surface area contributed by atoms with E-state index in [2.05, 4.69) is 0 Å². The van der Waals surface area contributed by atoms with E-state index in [9.17, 15) is 13.6 Å². The van der Waals surface area contributed by atoms with Gasteiger partial charge in [0.2, 0.25) is 5.92 Å². The Bertz CT molecular complexity index is 308. The second-order valence-electron chi connectivity index (χ2n) is 5.40. The highest BCUT2D eigenvalue weighted by molar-refractivity contribution is 5.65. The van der Waals surface area contributed by atoms with E-state index in [1.54, 1.807) is 6.92 Å². The van der Waals surface area contributed by atoms with Gasteiger partial charge < -0.3 is 10.5 Å². The molecule has 1 amide bonds. The van der Waals surface area contributed by atoms with Gasteiger partial charge >= 0.3 is 6.09 Å². The van der Waals surface area contributed by atoms with Crippen LogP contribution in [0.15, 0.2) is 0 Å². The number of halogens is 2. The van der Waals surface area contributed by atoms with E-state index in [0.29, 0.717) is 19.3 Å². The first-order valence-corrected chi connectivity index (χ1v) is 5.66. The number of rotatable bonds is 1. The summed E-state index contributed by atoms with van der Waals surface area (Å²) in [6.45, 7) is 1.79. The lowest BCUT2D eigenvalue weighted by Gasteiger charge is -2.30. The fourth-order valence-electron chi connectivity index (χ4n) is 3.31. The molecule has 0 radical (unpaired) electrons. The molecule has 2 saturated carbocycles. The van der Waals surface area contributed by atoms with Gasteiger partial charge in [0, 0.05) is 12.8 Å². The van der Waals surface area contributed by atoms with Crippen LogP contribution in [0.25, 0.3) is 0 Å². The molecule has 92 valence electrons. The molecule has 2 fully saturated rings. The normalized spacial score (nSPS) is 41.4. The maximum Gasteiger partial charge on any atom is 0.405 e. The molecule has 0 unspecified atom stereocenters. The molecular weight excluding hydrogens is 216 g/mol. The van der Waals surface area contributed by atoms with Gasteiger partial charge in [0.15, 0.2) is 0 Å². The molecule has 0 aliphatic heterocycles. The van der Waals surface area contributed by atoms with E-state index in [1.165, 1.54) is 0 Å². The summed E-state index contributed by atoms with van der Waals surface area (Å²) in [6.07, 6.45) is 0.770. The van der Waals surface area contributed by atoms with Gasteiger partial charge in [-0.05, 0) is 38.0 Å². The zero-order chi connectivity index (χ0) is 12.0. The average Bonchev–Trinajstić information content (AvgIpc) is 2.36. The molecule has 2 aliphatic carbocycles. The number of fused-ring (bicyclic) bond motifs is 1. The van der Waals surface area contributed by atoms with Crippen LogP contribution in [0.4, 0.5) is 13.6 Å². The first kappa shape index (κ1) is 11.6. The van der Waals surface area contributed by atoms with E-state index in [4.69, 9.17) is 10.5 Å². The Morgan fingerprint density at radius 1 is 1.31 bits per heavy atom. The zero-order valence-corrected chi connectivity index (χ0v) is 9.34. The van der Waals surface area contributed by atoms with E-state index < -0.39 is 17.6 Å². The van der Waals surface area contributed by atoms with Crippen LogP contribution in [-0.2, 0) is 4.74 Å². The Hall–Kier alpha value is -0.870. The van der Waals surface area contributed by atoms with Gasteiger partial charge in [0.05, 0.1) is 0 Å². The van der Waals surface area contributed by atoms with Crippen LogP contribution < -0.4 is 5.73 Å². The maximum absolute atomic E-state index is 13.2. The van der Waals surface area contributed by atoms with Gasteiger partial charge in [0.1, 0.15) is 5.60 Å². The van der Waals surface area contributed by atoms with Gasteiger partial charge in [-0.15, -0.1) is 0 Å². The lowest BCUT2D eigenvalue weighted by Crippen LogP contribution is -2.32. The number of hydrogen-bond acceptors (Lipinski definition) is 2. The molecule has 0 bridgehead atoms. The van der Waals surface area contributed by atoms with Crippen molar-refractivity contribution in [2.45, 2.75) is 50.6 Å². The molecule has 0 spiro atoms. The lowest BCUT2D eigenvalue weighted by molar-refractivity contribution is -0.0637. The van der Waals surface area contributed by atoms with Crippen molar-refractivity contribution in [3.8, 4) is 0 Å². The number of hydrogen-bond donors (Lipinski definition) is 1. The van der Waals surface area contributed by atoms with Crippen LogP contribution in [0, 0.1) is 11.8 Å². The Kier molecular flexibility index (Phi) is 2.59. The largest absolute Gasteiger partial charge is 0.443 e. The number of amides is 1. The number of nitrogens with two attached hydrogens (primary N) is 1. The molecule has 2 N–H and O–H groups in total. The molecule has 0 saturated heterocycles. The molecule has 3 atom stereocenters. The van der Waals surface area contributed by atoms with Crippen LogP contribution >= 0.6 is 0 Å². The van der Waals surface area contributed by atoms with Crippen molar-refractivity contribution in [3.05, 3.63) is 0 Å². The Morgan fingerprint density at radius 2 is 1.94 bits per heavy atom. The summed E-state index contributed by atoms with van der Waals surface area (Å²) in [6, 6.07) is 0. The summed E-state index contributed by atoms with van der Waals surface area (Å²) in [4.78, 5) is 10.7. The SMILES string of the molecule is C[C@@]1(OC(N)=O)C[C@H]2CC(F)(F)CC[C@H]2C1. The molecular formula is C11H17F2NO2. The van der Waals surface area contributed by atoms with Crippen molar-refractivity contribution in [1.82, 2.24) is 0 Å². The average molecular weight is 233 g/mol. The molecule has 0 aromatic heterocycles. The summed E-state index contributed by atoms with van der Waals surface area (Å²) in [7, 11) is 0. The minimum atomic E-state index is -2.54. The minimum Gasteiger partial charge on any atom is -0.443 e. The van der Waals surface area contributed by atoms with Gasteiger partial charge in [-0.3, -0.25) is 0 Å². The fraction of sp³-hybridized carbons (Fsp3) is 0.909. The molecule has 16 heavy (non-hydrogen) atoms. The van der Waals surface area contributed by atoms with Crippen LogP contribution in [0.5, 0.6) is 0 Å².